The van der Waals surface area contributed by atoms with E-state index >= 15 is 0 Å². The molecule has 2 aromatic rings. The Labute approximate surface area is 140 Å². The zero-order valence-electron chi connectivity index (χ0n) is 12.8. The first-order valence-electron chi connectivity index (χ1n) is 7.38. The fraction of sp³-hybridized carbons (Fsp3) is 0.211. The van der Waals surface area contributed by atoms with Crippen LogP contribution in [0, 0.1) is 11.8 Å². The van der Waals surface area contributed by atoms with Gasteiger partial charge in [0.15, 0.2) is 0 Å². The van der Waals surface area contributed by atoms with Crippen LogP contribution in [0.25, 0.3) is 0 Å². The molecule has 0 N–H and O–H groups in total. The quantitative estimate of drug-likeness (QED) is 0.753. The van der Waals surface area contributed by atoms with E-state index in [9.17, 15) is 4.79 Å². The molecule has 3 rings (SSSR count). The molecule has 0 aromatic heterocycles. The molecule has 1 aliphatic heterocycles. The van der Waals surface area contributed by atoms with Gasteiger partial charge in [0, 0.05) is 35.2 Å². The Balaban J connectivity index is 1.75. The maximum atomic E-state index is 12.3. The Morgan fingerprint density at radius 3 is 2.87 bits per heavy atom. The van der Waals surface area contributed by atoms with Gasteiger partial charge in [-0.05, 0) is 36.2 Å². The average Bonchev–Trinajstić information content (AvgIpc) is 2.58. The van der Waals surface area contributed by atoms with Gasteiger partial charge in [-0.15, -0.1) is 0 Å². The highest BCUT2D eigenvalue weighted by atomic mass is 35.5. The smallest absolute Gasteiger partial charge is 0.299 e. The van der Waals surface area contributed by atoms with Crippen molar-refractivity contribution >= 4 is 17.5 Å². The molecule has 0 aliphatic carbocycles. The number of hydrogen-bond donors (Lipinski definition) is 0. The van der Waals surface area contributed by atoms with Gasteiger partial charge in [0.2, 0.25) is 0 Å². The van der Waals surface area contributed by atoms with E-state index in [0.29, 0.717) is 18.1 Å². The molecule has 1 heterocycles. The fourth-order valence-electron chi connectivity index (χ4n) is 2.71. The molecule has 0 saturated heterocycles. The number of benzene rings is 2. The Hall–Kier alpha value is -2.44. The third kappa shape index (κ3) is 3.49. The van der Waals surface area contributed by atoms with E-state index in [1.807, 2.05) is 30.3 Å². The summed E-state index contributed by atoms with van der Waals surface area (Å²) in [6.45, 7) is 1.21. The lowest BCUT2D eigenvalue weighted by Crippen LogP contribution is -2.35. The number of methoxy groups -OCH3 is 1. The Morgan fingerprint density at radius 2 is 2.09 bits per heavy atom. The minimum absolute atomic E-state index is 0.168. The zero-order chi connectivity index (χ0) is 16.2. The summed E-state index contributed by atoms with van der Waals surface area (Å²) in [6, 6.07) is 13.1. The largest absolute Gasteiger partial charge is 0.496 e. The van der Waals surface area contributed by atoms with Gasteiger partial charge in [-0.25, -0.2) is 0 Å². The normalized spacial score (nSPS) is 12.9. The molecule has 2 aromatic carbocycles. The molecule has 116 valence electrons. The third-order valence-corrected chi connectivity index (χ3v) is 4.10. The maximum Gasteiger partial charge on any atom is 0.299 e. The van der Waals surface area contributed by atoms with E-state index in [2.05, 4.69) is 11.8 Å². The van der Waals surface area contributed by atoms with Gasteiger partial charge >= 0.3 is 0 Å². The van der Waals surface area contributed by atoms with Gasteiger partial charge in [0.1, 0.15) is 5.75 Å². The van der Waals surface area contributed by atoms with Crippen molar-refractivity contribution in [3.8, 4) is 17.6 Å². The fourth-order valence-corrected chi connectivity index (χ4v) is 2.90. The molecule has 0 unspecified atom stereocenters. The van der Waals surface area contributed by atoms with Crippen LogP contribution in [0.15, 0.2) is 42.5 Å². The summed E-state index contributed by atoms with van der Waals surface area (Å²) >= 11 is 5.92. The summed E-state index contributed by atoms with van der Waals surface area (Å²) in [5.74, 6) is 6.30. The molecule has 1 amide bonds. The van der Waals surface area contributed by atoms with Crippen molar-refractivity contribution < 1.29 is 9.53 Å². The second kappa shape index (κ2) is 6.76. The second-order valence-corrected chi connectivity index (χ2v) is 5.77. The summed E-state index contributed by atoms with van der Waals surface area (Å²) in [4.78, 5) is 14.1. The summed E-state index contributed by atoms with van der Waals surface area (Å²) in [5.41, 5.74) is 3.04. The molecule has 23 heavy (non-hydrogen) atoms. The monoisotopic (exact) mass is 325 g/mol. The van der Waals surface area contributed by atoms with Crippen LogP contribution in [0.5, 0.6) is 5.75 Å². The van der Waals surface area contributed by atoms with Crippen LogP contribution in [0.4, 0.5) is 0 Å². The number of ether oxygens (including phenoxy) is 1. The molecular weight excluding hydrogens is 310 g/mol. The maximum absolute atomic E-state index is 12.3. The second-order valence-electron chi connectivity index (χ2n) is 5.34. The lowest BCUT2D eigenvalue weighted by Gasteiger charge is -2.28. The van der Waals surface area contributed by atoms with Gasteiger partial charge in [0.05, 0.1) is 7.11 Å². The lowest BCUT2D eigenvalue weighted by molar-refractivity contribution is -0.125. The number of hydrogen-bond acceptors (Lipinski definition) is 2. The number of nitrogens with zero attached hydrogens (tertiary/aromatic N) is 1. The van der Waals surface area contributed by atoms with E-state index < -0.39 is 0 Å². The van der Waals surface area contributed by atoms with Crippen molar-refractivity contribution in [1.82, 2.24) is 4.90 Å². The number of amides is 1. The van der Waals surface area contributed by atoms with E-state index in [4.69, 9.17) is 16.3 Å². The van der Waals surface area contributed by atoms with Crippen molar-refractivity contribution in [2.75, 3.05) is 13.7 Å². The standard InChI is InChI=1S/C19H16ClNO2/c1-23-18-7-3-5-15-13-21(11-10-17(15)18)19(22)9-8-14-4-2-6-16(20)12-14/h2-7,12H,10-11,13H2,1H3. The first-order chi connectivity index (χ1) is 11.2. The first-order valence-corrected chi connectivity index (χ1v) is 7.76. The number of rotatable bonds is 1. The van der Waals surface area contributed by atoms with Crippen LogP contribution in [0.1, 0.15) is 16.7 Å². The molecule has 0 bridgehead atoms. The molecule has 0 spiro atoms. The molecule has 0 fully saturated rings. The van der Waals surface area contributed by atoms with Gasteiger partial charge in [0.25, 0.3) is 5.91 Å². The average molecular weight is 326 g/mol. The number of carbonyl (C=O) groups excluding carboxylic acids is 1. The third-order valence-electron chi connectivity index (χ3n) is 3.87. The zero-order valence-corrected chi connectivity index (χ0v) is 13.6. The van der Waals surface area contributed by atoms with Gasteiger partial charge in [-0.1, -0.05) is 35.7 Å². The minimum atomic E-state index is -0.168. The lowest BCUT2D eigenvalue weighted by atomic mass is 9.98. The predicted octanol–water partition coefficient (Wildman–Crippen LogP) is 3.29. The highest BCUT2D eigenvalue weighted by Crippen LogP contribution is 2.27. The van der Waals surface area contributed by atoms with Crippen molar-refractivity contribution in [2.45, 2.75) is 13.0 Å². The Morgan fingerprint density at radius 1 is 1.26 bits per heavy atom. The van der Waals surface area contributed by atoms with Gasteiger partial charge in [-0.3, -0.25) is 4.79 Å². The molecule has 4 heteroatoms. The molecule has 3 nitrogen and oxygen atoms in total. The summed E-state index contributed by atoms with van der Waals surface area (Å²) in [7, 11) is 1.67. The van der Waals surface area contributed by atoms with Crippen LogP contribution in [0.2, 0.25) is 5.02 Å². The van der Waals surface area contributed by atoms with Crippen LogP contribution in [0.3, 0.4) is 0 Å². The Bertz CT molecular complexity index is 805. The van der Waals surface area contributed by atoms with Gasteiger partial charge < -0.3 is 9.64 Å². The van der Waals surface area contributed by atoms with Crippen molar-refractivity contribution in [3.63, 3.8) is 0 Å². The summed E-state index contributed by atoms with van der Waals surface area (Å²) in [6.07, 6.45) is 0.782. The van der Waals surface area contributed by atoms with Crippen LogP contribution < -0.4 is 4.74 Å². The molecular formula is C19H16ClNO2. The topological polar surface area (TPSA) is 29.5 Å². The minimum Gasteiger partial charge on any atom is -0.496 e. The Kier molecular flexibility index (Phi) is 4.55. The molecule has 1 aliphatic rings. The van der Waals surface area contributed by atoms with Gasteiger partial charge in [-0.2, -0.15) is 0 Å². The highest BCUT2D eigenvalue weighted by Gasteiger charge is 2.21. The van der Waals surface area contributed by atoms with E-state index in [1.54, 1.807) is 24.1 Å². The molecule has 0 atom stereocenters. The number of fused-ring (bicyclic) bond motifs is 1. The molecule has 0 radical (unpaired) electrons. The number of halogens is 1. The van der Waals surface area contributed by atoms with Crippen molar-refractivity contribution in [1.29, 1.82) is 0 Å². The summed E-state index contributed by atoms with van der Waals surface area (Å²) in [5, 5.41) is 0.614. The van der Waals surface area contributed by atoms with E-state index in [1.165, 1.54) is 5.56 Å². The predicted molar refractivity (Wildman–Crippen MR) is 90.4 cm³/mol. The van der Waals surface area contributed by atoms with Crippen LogP contribution in [-0.4, -0.2) is 24.5 Å². The van der Waals surface area contributed by atoms with Crippen molar-refractivity contribution in [2.24, 2.45) is 0 Å². The van der Waals surface area contributed by atoms with Crippen LogP contribution >= 0.6 is 11.6 Å². The molecule has 0 saturated carbocycles. The first kappa shape index (κ1) is 15.5. The van der Waals surface area contributed by atoms with E-state index in [-0.39, 0.29) is 5.91 Å². The number of carbonyl (C=O) groups is 1. The SMILES string of the molecule is COc1cccc2c1CCN(C(=O)C#Cc1cccc(Cl)c1)C2. The van der Waals surface area contributed by atoms with Crippen molar-refractivity contribution in [3.05, 3.63) is 64.2 Å². The highest BCUT2D eigenvalue weighted by molar-refractivity contribution is 6.30. The van der Waals surface area contributed by atoms with Crippen LogP contribution in [-0.2, 0) is 17.8 Å². The van der Waals surface area contributed by atoms with E-state index in [0.717, 1.165) is 23.3 Å². The summed E-state index contributed by atoms with van der Waals surface area (Å²) < 4.78 is 5.38.